The van der Waals surface area contributed by atoms with Gasteiger partial charge < -0.3 is 19.9 Å². The van der Waals surface area contributed by atoms with Gasteiger partial charge in [-0.05, 0) is 12.8 Å². The van der Waals surface area contributed by atoms with Crippen LogP contribution in [-0.4, -0.2) is 50.1 Å². The Kier molecular flexibility index (Phi) is 5.73. The Morgan fingerprint density at radius 2 is 2.44 bits per heavy atom. The van der Waals surface area contributed by atoms with Gasteiger partial charge in [-0.3, -0.25) is 4.79 Å². The number of methoxy groups -OCH3 is 1. The normalized spacial score (nSPS) is 26.7. The molecule has 5 nitrogen and oxygen atoms in total. The third-order valence-corrected chi connectivity index (χ3v) is 2.82. The fourth-order valence-corrected chi connectivity index (χ4v) is 1.95. The molecule has 1 rings (SSSR count). The van der Waals surface area contributed by atoms with Crippen LogP contribution < -0.4 is 5.32 Å². The van der Waals surface area contributed by atoms with E-state index in [-0.39, 0.29) is 31.1 Å². The van der Waals surface area contributed by atoms with Crippen LogP contribution in [0.1, 0.15) is 19.8 Å². The minimum atomic E-state index is -0.642. The molecule has 1 aliphatic heterocycles. The zero-order valence-electron chi connectivity index (χ0n) is 9.94. The van der Waals surface area contributed by atoms with E-state index in [0.717, 1.165) is 12.8 Å². The van der Waals surface area contributed by atoms with Gasteiger partial charge in [0.2, 0.25) is 5.91 Å². The predicted octanol–water partition coefficient (Wildman–Crippen LogP) is -0.0750. The van der Waals surface area contributed by atoms with Crippen LogP contribution in [0.2, 0.25) is 0 Å². The number of aliphatic hydroxyl groups is 1. The number of aliphatic hydroxyl groups excluding tert-OH is 1. The number of hydrogen-bond acceptors (Lipinski definition) is 4. The SMILES string of the molecule is CCC1OCCC1C(=O)NCC(O)COC. The number of ether oxygens (including phenoxy) is 2. The Labute approximate surface area is 96.1 Å². The molecule has 5 heteroatoms. The highest BCUT2D eigenvalue weighted by Gasteiger charge is 2.32. The van der Waals surface area contributed by atoms with E-state index >= 15 is 0 Å². The quantitative estimate of drug-likeness (QED) is 0.671. The molecule has 0 spiro atoms. The molecule has 16 heavy (non-hydrogen) atoms. The van der Waals surface area contributed by atoms with Gasteiger partial charge in [-0.25, -0.2) is 0 Å². The summed E-state index contributed by atoms with van der Waals surface area (Å²) in [6, 6.07) is 0. The summed E-state index contributed by atoms with van der Waals surface area (Å²) < 4.78 is 10.2. The van der Waals surface area contributed by atoms with Gasteiger partial charge in [0.05, 0.1) is 24.7 Å². The van der Waals surface area contributed by atoms with Crippen LogP contribution in [0.4, 0.5) is 0 Å². The Morgan fingerprint density at radius 3 is 3.06 bits per heavy atom. The van der Waals surface area contributed by atoms with Crippen LogP contribution in [-0.2, 0) is 14.3 Å². The first kappa shape index (κ1) is 13.4. The van der Waals surface area contributed by atoms with E-state index in [0.29, 0.717) is 6.61 Å². The summed E-state index contributed by atoms with van der Waals surface area (Å²) in [5.74, 6) is -0.0979. The van der Waals surface area contributed by atoms with Gasteiger partial charge >= 0.3 is 0 Å². The van der Waals surface area contributed by atoms with Gasteiger partial charge in [-0.1, -0.05) is 6.92 Å². The molecule has 1 fully saturated rings. The highest BCUT2D eigenvalue weighted by molar-refractivity contribution is 5.79. The van der Waals surface area contributed by atoms with Crippen molar-refractivity contribution in [3.8, 4) is 0 Å². The molecule has 94 valence electrons. The zero-order valence-corrected chi connectivity index (χ0v) is 9.94. The molecule has 0 aliphatic carbocycles. The maximum Gasteiger partial charge on any atom is 0.225 e. The van der Waals surface area contributed by atoms with Gasteiger partial charge in [0.15, 0.2) is 0 Å². The van der Waals surface area contributed by atoms with Crippen molar-refractivity contribution in [1.82, 2.24) is 5.32 Å². The van der Waals surface area contributed by atoms with Gasteiger partial charge in [0.1, 0.15) is 0 Å². The van der Waals surface area contributed by atoms with Crippen molar-refractivity contribution < 1.29 is 19.4 Å². The summed E-state index contributed by atoms with van der Waals surface area (Å²) in [4.78, 5) is 11.8. The second-order valence-electron chi connectivity index (χ2n) is 4.07. The summed E-state index contributed by atoms with van der Waals surface area (Å²) in [5.41, 5.74) is 0. The van der Waals surface area contributed by atoms with E-state index < -0.39 is 6.10 Å². The maximum atomic E-state index is 11.8. The first-order valence-corrected chi connectivity index (χ1v) is 5.75. The summed E-state index contributed by atoms with van der Waals surface area (Å²) in [6.45, 7) is 3.13. The monoisotopic (exact) mass is 231 g/mol. The molecular formula is C11H21NO4. The Bertz CT molecular complexity index is 222. The zero-order chi connectivity index (χ0) is 12.0. The lowest BCUT2D eigenvalue weighted by atomic mass is 9.99. The third-order valence-electron chi connectivity index (χ3n) is 2.82. The van der Waals surface area contributed by atoms with Gasteiger partial charge in [0, 0.05) is 20.3 Å². The average Bonchev–Trinajstić information content (AvgIpc) is 2.74. The molecule has 2 N–H and O–H groups in total. The number of carbonyl (C=O) groups is 1. The number of carbonyl (C=O) groups excluding carboxylic acids is 1. The molecule has 1 saturated heterocycles. The number of hydrogen-bond donors (Lipinski definition) is 2. The van der Waals surface area contributed by atoms with E-state index in [2.05, 4.69) is 5.32 Å². The van der Waals surface area contributed by atoms with Crippen LogP contribution in [0.5, 0.6) is 0 Å². The van der Waals surface area contributed by atoms with Gasteiger partial charge in [0.25, 0.3) is 0 Å². The fraction of sp³-hybridized carbons (Fsp3) is 0.909. The maximum absolute atomic E-state index is 11.8. The van der Waals surface area contributed by atoms with Crippen molar-refractivity contribution in [2.75, 3.05) is 26.9 Å². The number of rotatable bonds is 6. The fourth-order valence-electron chi connectivity index (χ4n) is 1.95. The van der Waals surface area contributed by atoms with Crippen molar-refractivity contribution in [3.05, 3.63) is 0 Å². The van der Waals surface area contributed by atoms with Crippen LogP contribution >= 0.6 is 0 Å². The van der Waals surface area contributed by atoms with E-state index in [1.165, 1.54) is 7.11 Å². The molecule has 1 heterocycles. The van der Waals surface area contributed by atoms with E-state index in [1.807, 2.05) is 6.92 Å². The minimum Gasteiger partial charge on any atom is -0.389 e. The van der Waals surface area contributed by atoms with Crippen molar-refractivity contribution in [3.63, 3.8) is 0 Å². The van der Waals surface area contributed by atoms with Crippen LogP contribution in [0.25, 0.3) is 0 Å². The van der Waals surface area contributed by atoms with Crippen LogP contribution in [0.3, 0.4) is 0 Å². The third kappa shape index (κ3) is 3.73. The molecule has 0 aromatic rings. The van der Waals surface area contributed by atoms with Gasteiger partial charge in [-0.2, -0.15) is 0 Å². The number of amides is 1. The van der Waals surface area contributed by atoms with Crippen molar-refractivity contribution in [2.45, 2.75) is 32.0 Å². The first-order chi connectivity index (χ1) is 7.69. The first-order valence-electron chi connectivity index (χ1n) is 5.75. The lowest BCUT2D eigenvalue weighted by Crippen LogP contribution is -2.40. The van der Waals surface area contributed by atoms with Crippen LogP contribution in [0.15, 0.2) is 0 Å². The smallest absolute Gasteiger partial charge is 0.225 e. The summed E-state index contributed by atoms with van der Waals surface area (Å²) in [7, 11) is 1.52. The minimum absolute atomic E-state index is 0.0274. The second-order valence-corrected chi connectivity index (χ2v) is 4.07. The molecule has 0 bridgehead atoms. The van der Waals surface area contributed by atoms with E-state index in [4.69, 9.17) is 9.47 Å². The highest BCUT2D eigenvalue weighted by atomic mass is 16.5. The average molecular weight is 231 g/mol. The van der Waals surface area contributed by atoms with Crippen molar-refractivity contribution in [1.29, 1.82) is 0 Å². The molecule has 1 aliphatic rings. The molecule has 3 unspecified atom stereocenters. The summed E-state index contributed by atoms with van der Waals surface area (Å²) in [5, 5.41) is 12.1. The lowest BCUT2D eigenvalue weighted by Gasteiger charge is -2.17. The molecule has 0 aromatic carbocycles. The Hall–Kier alpha value is -0.650. The molecule has 0 aromatic heterocycles. The van der Waals surface area contributed by atoms with E-state index in [9.17, 15) is 9.90 Å². The largest absolute Gasteiger partial charge is 0.389 e. The predicted molar refractivity (Wildman–Crippen MR) is 59.0 cm³/mol. The second kappa shape index (κ2) is 6.83. The van der Waals surface area contributed by atoms with Crippen molar-refractivity contribution >= 4 is 5.91 Å². The molecule has 3 atom stereocenters. The number of nitrogens with one attached hydrogen (secondary N) is 1. The lowest BCUT2D eigenvalue weighted by molar-refractivity contribution is -0.127. The Morgan fingerprint density at radius 1 is 1.69 bits per heavy atom. The van der Waals surface area contributed by atoms with Gasteiger partial charge in [-0.15, -0.1) is 0 Å². The van der Waals surface area contributed by atoms with E-state index in [1.54, 1.807) is 0 Å². The van der Waals surface area contributed by atoms with Crippen molar-refractivity contribution in [2.24, 2.45) is 5.92 Å². The highest BCUT2D eigenvalue weighted by Crippen LogP contribution is 2.23. The topological polar surface area (TPSA) is 67.8 Å². The Balaban J connectivity index is 2.29. The molecule has 0 radical (unpaired) electrons. The molecule has 1 amide bonds. The molecular weight excluding hydrogens is 210 g/mol. The summed E-state index contributed by atoms with van der Waals surface area (Å²) >= 11 is 0. The standard InChI is InChI=1S/C11H21NO4/c1-3-10-9(4-5-16-10)11(14)12-6-8(13)7-15-2/h8-10,13H,3-7H2,1-2H3,(H,12,14). The molecule has 0 saturated carbocycles. The van der Waals surface area contributed by atoms with Crippen LogP contribution in [0, 0.1) is 5.92 Å². The summed E-state index contributed by atoms with van der Waals surface area (Å²) in [6.07, 6.45) is 1.000.